The van der Waals surface area contributed by atoms with Crippen LogP contribution in [0.3, 0.4) is 0 Å². The van der Waals surface area contributed by atoms with Gasteiger partial charge in [-0.25, -0.2) is 4.79 Å². The SMILES string of the molecule is CC1CCN(C(=O)Cc2c(C(=O)O)[nH]c3ccccc23)CC1. The number of fused-ring (bicyclic) bond motifs is 1. The van der Waals surface area contributed by atoms with Crippen molar-refractivity contribution in [1.29, 1.82) is 0 Å². The maximum atomic E-state index is 12.5. The normalized spacial score (nSPS) is 16.1. The first-order valence-corrected chi connectivity index (χ1v) is 7.67. The zero-order chi connectivity index (χ0) is 15.7. The van der Waals surface area contributed by atoms with Gasteiger partial charge in [0.15, 0.2) is 0 Å². The first-order chi connectivity index (χ1) is 10.6. The number of hydrogen-bond donors (Lipinski definition) is 2. The lowest BCUT2D eigenvalue weighted by Gasteiger charge is -2.30. The van der Waals surface area contributed by atoms with Crippen LogP contribution in [0.4, 0.5) is 0 Å². The number of hydrogen-bond acceptors (Lipinski definition) is 2. The predicted octanol–water partition coefficient (Wildman–Crippen LogP) is 2.67. The molecule has 0 saturated carbocycles. The van der Waals surface area contributed by atoms with Gasteiger partial charge < -0.3 is 15.0 Å². The topological polar surface area (TPSA) is 73.4 Å². The molecule has 0 bridgehead atoms. The number of aromatic amines is 1. The number of nitrogens with zero attached hydrogens (tertiary/aromatic N) is 1. The van der Waals surface area contributed by atoms with Gasteiger partial charge in [0.2, 0.25) is 5.91 Å². The Morgan fingerprint density at radius 1 is 1.27 bits per heavy atom. The molecule has 1 aliphatic rings. The summed E-state index contributed by atoms with van der Waals surface area (Å²) >= 11 is 0. The lowest BCUT2D eigenvalue weighted by atomic mass is 9.98. The Balaban J connectivity index is 1.88. The number of nitrogens with one attached hydrogen (secondary N) is 1. The van der Waals surface area contributed by atoms with Crippen molar-refractivity contribution < 1.29 is 14.7 Å². The monoisotopic (exact) mass is 300 g/mol. The van der Waals surface area contributed by atoms with Gasteiger partial charge in [-0.05, 0) is 24.8 Å². The molecule has 1 fully saturated rings. The molecule has 1 amide bonds. The minimum absolute atomic E-state index is 0.0131. The van der Waals surface area contributed by atoms with Crippen LogP contribution in [0, 0.1) is 5.92 Å². The van der Waals surface area contributed by atoms with Crippen molar-refractivity contribution >= 4 is 22.8 Å². The Morgan fingerprint density at radius 2 is 1.95 bits per heavy atom. The quantitative estimate of drug-likeness (QED) is 0.915. The number of rotatable bonds is 3. The van der Waals surface area contributed by atoms with Crippen molar-refractivity contribution in [2.75, 3.05) is 13.1 Å². The van der Waals surface area contributed by atoms with Gasteiger partial charge >= 0.3 is 5.97 Å². The fraction of sp³-hybridized carbons (Fsp3) is 0.412. The highest BCUT2D eigenvalue weighted by Crippen LogP contribution is 2.24. The lowest BCUT2D eigenvalue weighted by Crippen LogP contribution is -2.38. The highest BCUT2D eigenvalue weighted by Gasteiger charge is 2.24. The minimum atomic E-state index is -1.02. The molecule has 1 aliphatic heterocycles. The minimum Gasteiger partial charge on any atom is -0.477 e. The van der Waals surface area contributed by atoms with Crippen LogP contribution in [-0.2, 0) is 11.2 Å². The van der Waals surface area contributed by atoms with Crippen molar-refractivity contribution in [3.8, 4) is 0 Å². The van der Waals surface area contributed by atoms with E-state index in [2.05, 4.69) is 11.9 Å². The zero-order valence-electron chi connectivity index (χ0n) is 12.6. The molecule has 2 heterocycles. The van der Waals surface area contributed by atoms with Crippen molar-refractivity contribution in [3.63, 3.8) is 0 Å². The van der Waals surface area contributed by atoms with E-state index in [1.165, 1.54) is 0 Å². The van der Waals surface area contributed by atoms with Gasteiger partial charge in [-0.1, -0.05) is 25.1 Å². The van der Waals surface area contributed by atoms with E-state index in [0.29, 0.717) is 11.5 Å². The fourth-order valence-electron chi connectivity index (χ4n) is 3.09. The third-order valence-electron chi connectivity index (χ3n) is 4.49. The van der Waals surface area contributed by atoms with Gasteiger partial charge in [0, 0.05) is 29.6 Å². The summed E-state index contributed by atoms with van der Waals surface area (Å²) in [5, 5.41) is 10.2. The average Bonchev–Trinajstić information content (AvgIpc) is 2.87. The molecule has 22 heavy (non-hydrogen) atoms. The van der Waals surface area contributed by atoms with Gasteiger partial charge in [-0.2, -0.15) is 0 Å². The number of carbonyl (C=O) groups excluding carboxylic acids is 1. The summed E-state index contributed by atoms with van der Waals surface area (Å²) in [7, 11) is 0. The van der Waals surface area contributed by atoms with E-state index in [1.807, 2.05) is 29.2 Å². The zero-order valence-corrected chi connectivity index (χ0v) is 12.6. The first kappa shape index (κ1) is 14.6. The number of carboxylic acids is 1. The standard InChI is InChI=1S/C17H20N2O3/c1-11-6-8-19(9-7-11)15(20)10-13-12-4-2-3-5-14(12)18-16(13)17(21)22/h2-5,11,18H,6-10H2,1H3,(H,21,22). The summed E-state index contributed by atoms with van der Waals surface area (Å²) in [5.41, 5.74) is 1.47. The van der Waals surface area contributed by atoms with Crippen LogP contribution in [0.2, 0.25) is 0 Å². The number of H-pyrrole nitrogens is 1. The number of piperidine rings is 1. The van der Waals surface area contributed by atoms with Gasteiger partial charge in [-0.15, -0.1) is 0 Å². The van der Waals surface area contributed by atoms with Gasteiger partial charge in [0.1, 0.15) is 5.69 Å². The maximum Gasteiger partial charge on any atom is 0.352 e. The summed E-state index contributed by atoms with van der Waals surface area (Å²) in [6, 6.07) is 7.40. The van der Waals surface area contributed by atoms with Gasteiger partial charge in [-0.3, -0.25) is 4.79 Å². The Morgan fingerprint density at radius 3 is 2.64 bits per heavy atom. The van der Waals surface area contributed by atoms with E-state index in [1.54, 1.807) is 0 Å². The molecule has 0 spiro atoms. The molecule has 0 unspecified atom stereocenters. The number of para-hydroxylation sites is 1. The van der Waals surface area contributed by atoms with E-state index in [4.69, 9.17) is 0 Å². The number of likely N-dealkylation sites (tertiary alicyclic amines) is 1. The van der Waals surface area contributed by atoms with Crippen LogP contribution in [-0.4, -0.2) is 40.0 Å². The molecule has 1 saturated heterocycles. The molecule has 1 aromatic carbocycles. The molecular formula is C17H20N2O3. The predicted molar refractivity (Wildman–Crippen MR) is 83.9 cm³/mol. The smallest absolute Gasteiger partial charge is 0.352 e. The largest absolute Gasteiger partial charge is 0.477 e. The molecule has 1 aromatic heterocycles. The Kier molecular flexibility index (Phi) is 3.88. The van der Waals surface area contributed by atoms with E-state index >= 15 is 0 Å². The van der Waals surface area contributed by atoms with E-state index < -0.39 is 5.97 Å². The van der Waals surface area contributed by atoms with Crippen molar-refractivity contribution in [1.82, 2.24) is 9.88 Å². The van der Waals surface area contributed by atoms with E-state index in [-0.39, 0.29) is 18.0 Å². The average molecular weight is 300 g/mol. The maximum absolute atomic E-state index is 12.5. The third-order valence-corrected chi connectivity index (χ3v) is 4.49. The van der Waals surface area contributed by atoms with Crippen LogP contribution in [0.5, 0.6) is 0 Å². The number of amides is 1. The highest BCUT2D eigenvalue weighted by molar-refractivity contribution is 6.00. The third kappa shape index (κ3) is 2.71. The summed E-state index contributed by atoms with van der Waals surface area (Å²) in [6.07, 6.45) is 2.18. The second-order valence-electron chi connectivity index (χ2n) is 6.07. The second-order valence-corrected chi connectivity index (χ2v) is 6.07. The molecule has 2 N–H and O–H groups in total. The Labute approximate surface area is 128 Å². The highest BCUT2D eigenvalue weighted by atomic mass is 16.4. The molecule has 0 radical (unpaired) electrons. The second kappa shape index (κ2) is 5.83. The number of carbonyl (C=O) groups is 2. The van der Waals surface area contributed by atoms with Crippen molar-refractivity contribution in [2.24, 2.45) is 5.92 Å². The molecule has 3 rings (SSSR count). The van der Waals surface area contributed by atoms with Crippen molar-refractivity contribution in [2.45, 2.75) is 26.2 Å². The van der Waals surface area contributed by atoms with Crippen LogP contribution in [0.15, 0.2) is 24.3 Å². The molecule has 0 atom stereocenters. The van der Waals surface area contributed by atoms with E-state index in [0.717, 1.165) is 36.8 Å². The van der Waals surface area contributed by atoms with Crippen LogP contribution >= 0.6 is 0 Å². The molecule has 116 valence electrons. The van der Waals surface area contributed by atoms with Crippen molar-refractivity contribution in [3.05, 3.63) is 35.5 Å². The molecule has 2 aromatic rings. The van der Waals surface area contributed by atoms with Crippen LogP contribution < -0.4 is 0 Å². The van der Waals surface area contributed by atoms with Gasteiger partial charge in [0.25, 0.3) is 0 Å². The fourth-order valence-corrected chi connectivity index (χ4v) is 3.09. The summed E-state index contributed by atoms with van der Waals surface area (Å²) < 4.78 is 0. The molecule has 5 nitrogen and oxygen atoms in total. The number of aromatic carboxylic acids is 1. The molecular weight excluding hydrogens is 280 g/mol. The summed E-state index contributed by atoms with van der Waals surface area (Å²) in [4.78, 5) is 28.7. The number of aromatic nitrogens is 1. The Bertz CT molecular complexity index is 712. The van der Waals surface area contributed by atoms with Gasteiger partial charge in [0.05, 0.1) is 6.42 Å². The summed E-state index contributed by atoms with van der Waals surface area (Å²) in [6.45, 7) is 3.74. The molecule has 5 heteroatoms. The Hall–Kier alpha value is -2.30. The number of carboxylic acid groups (broad SMARTS) is 1. The number of benzene rings is 1. The summed E-state index contributed by atoms with van der Waals surface area (Å²) in [5.74, 6) is -0.350. The molecule has 0 aliphatic carbocycles. The first-order valence-electron chi connectivity index (χ1n) is 7.67. The lowest BCUT2D eigenvalue weighted by molar-refractivity contribution is -0.131. The van der Waals surface area contributed by atoms with Crippen LogP contribution in [0.1, 0.15) is 35.8 Å². The van der Waals surface area contributed by atoms with Crippen LogP contribution in [0.25, 0.3) is 10.9 Å². The van der Waals surface area contributed by atoms with E-state index in [9.17, 15) is 14.7 Å².